The van der Waals surface area contributed by atoms with E-state index in [2.05, 4.69) is 46.1 Å². The molecule has 0 saturated carbocycles. The van der Waals surface area contributed by atoms with Gasteiger partial charge in [-0.1, -0.05) is 58.0 Å². The van der Waals surface area contributed by atoms with E-state index in [9.17, 15) is 4.79 Å². The van der Waals surface area contributed by atoms with Gasteiger partial charge in [-0.2, -0.15) is 0 Å². The standard InChI is InChI=1S/C18H31NO3Si/c1-7-16(22-23(5,6)18(2,3)4)13-19-17(20)21-14-15-11-9-8-10-12-15/h8-12,16H,7,13-14H2,1-6H3,(H,19,20). The Kier molecular flexibility index (Phi) is 7.29. The van der Waals surface area contributed by atoms with Gasteiger partial charge in [-0.05, 0) is 30.1 Å². The number of amides is 1. The molecule has 1 amide bonds. The maximum Gasteiger partial charge on any atom is 0.407 e. The van der Waals surface area contributed by atoms with Crippen LogP contribution in [0.2, 0.25) is 18.1 Å². The van der Waals surface area contributed by atoms with Crippen molar-refractivity contribution in [3.63, 3.8) is 0 Å². The molecule has 0 aliphatic carbocycles. The third-order valence-corrected chi connectivity index (χ3v) is 8.94. The molecule has 0 aromatic heterocycles. The highest BCUT2D eigenvalue weighted by atomic mass is 28.4. The van der Waals surface area contributed by atoms with Crippen molar-refractivity contribution in [3.8, 4) is 0 Å². The van der Waals surface area contributed by atoms with Gasteiger partial charge in [0.05, 0.1) is 6.10 Å². The zero-order valence-electron chi connectivity index (χ0n) is 15.3. The van der Waals surface area contributed by atoms with Crippen molar-refractivity contribution in [3.05, 3.63) is 35.9 Å². The van der Waals surface area contributed by atoms with Gasteiger partial charge in [0.2, 0.25) is 0 Å². The summed E-state index contributed by atoms with van der Waals surface area (Å²) in [5.41, 5.74) is 0.979. The first-order valence-electron chi connectivity index (χ1n) is 8.28. The van der Waals surface area contributed by atoms with Crippen LogP contribution in [0.5, 0.6) is 0 Å². The average Bonchev–Trinajstić information content (AvgIpc) is 2.49. The van der Waals surface area contributed by atoms with Crippen LogP contribution in [0.15, 0.2) is 30.3 Å². The molecular weight excluding hydrogens is 306 g/mol. The van der Waals surface area contributed by atoms with Crippen LogP contribution in [0.4, 0.5) is 4.79 Å². The largest absolute Gasteiger partial charge is 0.445 e. The molecule has 1 atom stereocenters. The molecule has 0 aliphatic rings. The Balaban J connectivity index is 2.40. The number of hydrogen-bond donors (Lipinski definition) is 1. The van der Waals surface area contributed by atoms with Gasteiger partial charge in [0.15, 0.2) is 8.32 Å². The van der Waals surface area contributed by atoms with Crippen LogP contribution in [0, 0.1) is 0 Å². The lowest BCUT2D eigenvalue weighted by Crippen LogP contribution is -2.46. The van der Waals surface area contributed by atoms with Crippen molar-refractivity contribution in [1.82, 2.24) is 5.32 Å². The van der Waals surface area contributed by atoms with Crippen molar-refractivity contribution >= 4 is 14.4 Å². The van der Waals surface area contributed by atoms with Crippen molar-refractivity contribution in [2.45, 2.75) is 65.0 Å². The van der Waals surface area contributed by atoms with Gasteiger partial charge in [-0.15, -0.1) is 0 Å². The molecule has 5 heteroatoms. The maximum atomic E-state index is 11.8. The minimum Gasteiger partial charge on any atom is -0.445 e. The molecule has 0 fully saturated rings. The zero-order chi connectivity index (χ0) is 17.5. The number of alkyl carbamates (subject to hydrolysis) is 1. The predicted octanol–water partition coefficient (Wildman–Crippen LogP) is 4.71. The molecule has 4 nitrogen and oxygen atoms in total. The Morgan fingerprint density at radius 1 is 1.22 bits per heavy atom. The number of rotatable bonds is 7. The molecule has 0 aliphatic heterocycles. The van der Waals surface area contributed by atoms with Gasteiger partial charge in [0.1, 0.15) is 6.61 Å². The first kappa shape index (κ1) is 19.7. The molecule has 23 heavy (non-hydrogen) atoms. The van der Waals surface area contributed by atoms with Crippen LogP contribution in [-0.4, -0.2) is 27.1 Å². The molecular formula is C18H31NO3Si. The molecule has 0 radical (unpaired) electrons. The SMILES string of the molecule is CCC(CNC(=O)OCc1ccccc1)O[Si](C)(C)C(C)(C)C. The summed E-state index contributed by atoms with van der Waals surface area (Å²) >= 11 is 0. The van der Waals surface area contributed by atoms with Gasteiger partial charge < -0.3 is 14.5 Å². The van der Waals surface area contributed by atoms with E-state index in [1.165, 1.54) is 0 Å². The third kappa shape index (κ3) is 6.75. The van der Waals surface area contributed by atoms with E-state index < -0.39 is 14.4 Å². The van der Waals surface area contributed by atoms with Gasteiger partial charge in [-0.3, -0.25) is 0 Å². The van der Waals surface area contributed by atoms with E-state index in [1.807, 2.05) is 30.3 Å². The molecule has 0 bridgehead atoms. The van der Waals surface area contributed by atoms with Crippen molar-refractivity contribution in [2.24, 2.45) is 0 Å². The summed E-state index contributed by atoms with van der Waals surface area (Å²) in [4.78, 5) is 11.8. The van der Waals surface area contributed by atoms with Crippen LogP contribution in [0.1, 0.15) is 39.7 Å². The molecule has 1 rings (SSSR count). The summed E-state index contributed by atoms with van der Waals surface area (Å²) in [5.74, 6) is 0. The van der Waals surface area contributed by atoms with E-state index in [1.54, 1.807) is 0 Å². The lowest BCUT2D eigenvalue weighted by Gasteiger charge is -2.39. The highest BCUT2D eigenvalue weighted by Crippen LogP contribution is 2.37. The van der Waals surface area contributed by atoms with Gasteiger partial charge in [0, 0.05) is 6.54 Å². The Morgan fingerprint density at radius 2 is 1.83 bits per heavy atom. The molecule has 1 aromatic rings. The zero-order valence-corrected chi connectivity index (χ0v) is 16.3. The number of nitrogens with one attached hydrogen (secondary N) is 1. The van der Waals surface area contributed by atoms with E-state index in [0.717, 1.165) is 12.0 Å². The van der Waals surface area contributed by atoms with E-state index >= 15 is 0 Å². The highest BCUT2D eigenvalue weighted by molar-refractivity contribution is 6.74. The topological polar surface area (TPSA) is 47.6 Å². The molecule has 130 valence electrons. The Morgan fingerprint density at radius 3 is 2.35 bits per heavy atom. The molecule has 0 spiro atoms. The normalized spacial score (nSPS) is 13.5. The molecule has 1 N–H and O–H groups in total. The first-order chi connectivity index (χ1) is 10.7. The van der Waals surface area contributed by atoms with Crippen LogP contribution in [0.3, 0.4) is 0 Å². The number of benzene rings is 1. The maximum absolute atomic E-state index is 11.8. The van der Waals surface area contributed by atoms with Crippen LogP contribution >= 0.6 is 0 Å². The first-order valence-corrected chi connectivity index (χ1v) is 11.2. The van der Waals surface area contributed by atoms with Gasteiger partial charge in [-0.25, -0.2) is 4.79 Å². The molecule has 0 saturated heterocycles. The average molecular weight is 338 g/mol. The predicted molar refractivity (Wildman–Crippen MR) is 97.0 cm³/mol. The van der Waals surface area contributed by atoms with Crippen molar-refractivity contribution in [1.29, 1.82) is 0 Å². The van der Waals surface area contributed by atoms with Crippen LogP contribution in [-0.2, 0) is 15.8 Å². The van der Waals surface area contributed by atoms with Crippen molar-refractivity contribution < 1.29 is 14.0 Å². The van der Waals surface area contributed by atoms with E-state index in [4.69, 9.17) is 9.16 Å². The third-order valence-electron chi connectivity index (χ3n) is 4.41. The highest BCUT2D eigenvalue weighted by Gasteiger charge is 2.38. The lowest BCUT2D eigenvalue weighted by molar-refractivity contribution is 0.126. The second-order valence-corrected chi connectivity index (χ2v) is 12.1. The minimum atomic E-state index is -1.82. The van der Waals surface area contributed by atoms with E-state index in [-0.39, 0.29) is 17.7 Å². The number of ether oxygens (including phenoxy) is 1. The fraction of sp³-hybridized carbons (Fsp3) is 0.611. The summed E-state index contributed by atoms with van der Waals surface area (Å²) in [5, 5.41) is 2.97. The van der Waals surface area contributed by atoms with Gasteiger partial charge in [0.25, 0.3) is 0 Å². The summed E-state index contributed by atoms with van der Waals surface area (Å²) in [6.45, 7) is 13.9. The molecule has 0 heterocycles. The quantitative estimate of drug-likeness (QED) is 0.733. The number of carbonyl (C=O) groups is 1. The smallest absolute Gasteiger partial charge is 0.407 e. The summed E-state index contributed by atoms with van der Waals surface area (Å²) in [6, 6.07) is 9.66. The molecule has 1 unspecified atom stereocenters. The fourth-order valence-electron chi connectivity index (χ4n) is 1.83. The number of carbonyl (C=O) groups excluding carboxylic acids is 1. The summed E-state index contributed by atoms with van der Waals surface area (Å²) < 4.78 is 11.6. The summed E-state index contributed by atoms with van der Waals surface area (Å²) in [6.07, 6.45) is 0.497. The van der Waals surface area contributed by atoms with Crippen molar-refractivity contribution in [2.75, 3.05) is 6.54 Å². The second kappa shape index (κ2) is 8.50. The number of hydrogen-bond acceptors (Lipinski definition) is 3. The monoisotopic (exact) mass is 337 g/mol. The Hall–Kier alpha value is -1.33. The molecule has 1 aromatic carbocycles. The Labute approximate surface area is 141 Å². The van der Waals surface area contributed by atoms with Crippen LogP contribution in [0.25, 0.3) is 0 Å². The fourth-order valence-corrected chi connectivity index (χ4v) is 3.27. The lowest BCUT2D eigenvalue weighted by atomic mass is 10.2. The van der Waals surface area contributed by atoms with Gasteiger partial charge >= 0.3 is 6.09 Å². The van der Waals surface area contributed by atoms with Crippen LogP contribution < -0.4 is 5.32 Å². The minimum absolute atomic E-state index is 0.0279. The second-order valence-electron chi connectivity index (χ2n) is 7.35. The van der Waals surface area contributed by atoms with E-state index in [0.29, 0.717) is 6.54 Å². The Bertz CT molecular complexity index is 483. The summed E-state index contributed by atoms with van der Waals surface area (Å²) in [7, 11) is -1.82.